The number of hydrogen-bond donors (Lipinski definition) is 1. The van der Waals surface area contributed by atoms with Gasteiger partial charge in [0.25, 0.3) is 5.88 Å². The molecule has 5 nitrogen and oxygen atoms in total. The molecule has 0 aliphatic carbocycles. The summed E-state index contributed by atoms with van der Waals surface area (Å²) in [5, 5.41) is 13.0. The number of anilines is 1. The van der Waals surface area contributed by atoms with Gasteiger partial charge in [0, 0.05) is 6.92 Å². The van der Waals surface area contributed by atoms with Crippen molar-refractivity contribution < 1.29 is 4.42 Å². The van der Waals surface area contributed by atoms with Gasteiger partial charge in [-0.05, 0) is 16.5 Å². The van der Waals surface area contributed by atoms with Crippen LogP contribution in [0, 0.1) is 18.3 Å². The number of benzene rings is 1. The van der Waals surface area contributed by atoms with Crippen molar-refractivity contribution in [3.8, 4) is 6.07 Å². The van der Waals surface area contributed by atoms with Crippen LogP contribution in [0.25, 0.3) is 0 Å². The van der Waals surface area contributed by atoms with E-state index in [0.717, 1.165) is 5.56 Å². The molecule has 21 heavy (non-hydrogen) atoms. The van der Waals surface area contributed by atoms with Gasteiger partial charge in [-0.2, -0.15) is 10.4 Å². The summed E-state index contributed by atoms with van der Waals surface area (Å²) < 4.78 is 5.25. The van der Waals surface area contributed by atoms with Gasteiger partial charge in [-0.15, -0.1) is 0 Å². The van der Waals surface area contributed by atoms with Gasteiger partial charge in [0.05, 0.1) is 6.21 Å². The summed E-state index contributed by atoms with van der Waals surface area (Å²) in [6.07, 6.45) is 1.67. The minimum Gasteiger partial charge on any atom is -0.422 e. The summed E-state index contributed by atoms with van der Waals surface area (Å²) in [6, 6.07) is 10.1. The Bertz CT molecular complexity index is 685. The third-order valence-corrected chi connectivity index (χ3v) is 3.00. The molecule has 2 rings (SSSR count). The van der Waals surface area contributed by atoms with E-state index < -0.39 is 0 Å². The Balaban J connectivity index is 2.06. The molecule has 0 fully saturated rings. The van der Waals surface area contributed by atoms with Crippen molar-refractivity contribution in [1.29, 1.82) is 5.26 Å². The van der Waals surface area contributed by atoms with E-state index in [0.29, 0.717) is 5.89 Å². The first kappa shape index (κ1) is 14.8. The summed E-state index contributed by atoms with van der Waals surface area (Å²) in [4.78, 5) is 3.93. The number of aryl methyl sites for hydroxylation is 1. The predicted octanol–water partition coefficient (Wildman–Crippen LogP) is 3.60. The third kappa shape index (κ3) is 3.69. The van der Waals surface area contributed by atoms with Crippen LogP contribution in [0.2, 0.25) is 0 Å². The van der Waals surface area contributed by atoms with Crippen LogP contribution in [-0.2, 0) is 5.41 Å². The van der Waals surface area contributed by atoms with Gasteiger partial charge in [-0.1, -0.05) is 45.0 Å². The van der Waals surface area contributed by atoms with Crippen LogP contribution in [0.3, 0.4) is 0 Å². The standard InChI is InChI=1S/C16H18N4O/c1-11-19-14(9-17)15(21-11)20-18-10-12-5-7-13(8-6-12)16(2,3)4/h5-8,10,20H,1-4H3. The van der Waals surface area contributed by atoms with Crippen molar-refractivity contribution in [1.82, 2.24) is 4.98 Å². The van der Waals surface area contributed by atoms with Crippen LogP contribution in [0.5, 0.6) is 0 Å². The lowest BCUT2D eigenvalue weighted by molar-refractivity contribution is 0.533. The molecular formula is C16H18N4O. The minimum atomic E-state index is 0.132. The molecule has 0 unspecified atom stereocenters. The molecule has 108 valence electrons. The van der Waals surface area contributed by atoms with Crippen LogP contribution in [-0.4, -0.2) is 11.2 Å². The second-order valence-electron chi connectivity index (χ2n) is 5.76. The molecule has 0 spiro atoms. The van der Waals surface area contributed by atoms with E-state index in [1.54, 1.807) is 13.1 Å². The number of rotatable bonds is 3. The molecule has 1 heterocycles. The Morgan fingerprint density at radius 2 is 1.95 bits per heavy atom. The zero-order valence-corrected chi connectivity index (χ0v) is 12.6. The maximum Gasteiger partial charge on any atom is 0.252 e. The fraction of sp³-hybridized carbons (Fsp3) is 0.312. The molecule has 0 amide bonds. The molecule has 2 aromatic rings. The molecule has 1 N–H and O–H groups in total. The molecule has 0 aliphatic heterocycles. The number of nitriles is 1. The summed E-state index contributed by atoms with van der Waals surface area (Å²) in [6.45, 7) is 8.20. The normalized spacial score (nSPS) is 11.6. The zero-order valence-electron chi connectivity index (χ0n) is 12.6. The van der Waals surface area contributed by atoms with Crippen molar-refractivity contribution in [2.45, 2.75) is 33.1 Å². The van der Waals surface area contributed by atoms with Crippen molar-refractivity contribution in [3.63, 3.8) is 0 Å². The highest BCUT2D eigenvalue weighted by Gasteiger charge is 2.12. The second kappa shape index (κ2) is 5.80. The lowest BCUT2D eigenvalue weighted by atomic mass is 9.87. The van der Waals surface area contributed by atoms with Gasteiger partial charge >= 0.3 is 0 Å². The first-order valence-corrected chi connectivity index (χ1v) is 6.67. The van der Waals surface area contributed by atoms with Crippen molar-refractivity contribution in [3.05, 3.63) is 47.0 Å². The van der Waals surface area contributed by atoms with Crippen LogP contribution in [0.15, 0.2) is 33.8 Å². The van der Waals surface area contributed by atoms with Crippen LogP contribution < -0.4 is 5.43 Å². The topological polar surface area (TPSA) is 74.2 Å². The Labute approximate surface area is 124 Å². The fourth-order valence-corrected chi connectivity index (χ4v) is 1.81. The van der Waals surface area contributed by atoms with Crippen LogP contribution in [0.4, 0.5) is 5.88 Å². The van der Waals surface area contributed by atoms with Gasteiger partial charge in [0.2, 0.25) is 5.69 Å². The summed E-state index contributed by atoms with van der Waals surface area (Å²) in [5.41, 5.74) is 5.26. The molecule has 0 saturated heterocycles. The van der Waals surface area contributed by atoms with Gasteiger partial charge in [-0.3, -0.25) is 0 Å². The van der Waals surface area contributed by atoms with E-state index >= 15 is 0 Å². The first-order valence-electron chi connectivity index (χ1n) is 6.67. The number of nitrogens with zero attached hydrogens (tertiary/aromatic N) is 3. The van der Waals surface area contributed by atoms with Gasteiger partial charge in [-0.25, -0.2) is 10.4 Å². The molecule has 1 aromatic carbocycles. The van der Waals surface area contributed by atoms with Crippen LogP contribution in [0.1, 0.15) is 43.5 Å². The molecule has 5 heteroatoms. The maximum atomic E-state index is 8.89. The maximum absolute atomic E-state index is 8.89. The Morgan fingerprint density at radius 1 is 1.29 bits per heavy atom. The van der Waals surface area contributed by atoms with Gasteiger partial charge < -0.3 is 4.42 Å². The average Bonchev–Trinajstić information content (AvgIpc) is 2.79. The van der Waals surface area contributed by atoms with E-state index in [9.17, 15) is 0 Å². The Hall–Kier alpha value is -2.61. The van der Waals surface area contributed by atoms with E-state index in [4.69, 9.17) is 9.68 Å². The highest BCUT2D eigenvalue weighted by Crippen LogP contribution is 2.21. The number of nitrogens with one attached hydrogen (secondary N) is 1. The highest BCUT2D eigenvalue weighted by molar-refractivity contribution is 5.80. The largest absolute Gasteiger partial charge is 0.422 e. The van der Waals surface area contributed by atoms with Crippen molar-refractivity contribution >= 4 is 12.1 Å². The van der Waals surface area contributed by atoms with E-state index in [1.165, 1.54) is 5.56 Å². The molecule has 0 radical (unpaired) electrons. The van der Waals surface area contributed by atoms with Crippen LogP contribution >= 0.6 is 0 Å². The van der Waals surface area contributed by atoms with Crippen molar-refractivity contribution in [2.75, 3.05) is 5.43 Å². The minimum absolute atomic E-state index is 0.132. The molecule has 0 aliphatic rings. The van der Waals surface area contributed by atoms with Gasteiger partial charge in [0.15, 0.2) is 5.89 Å². The lowest BCUT2D eigenvalue weighted by Crippen LogP contribution is -2.10. The molecule has 0 saturated carbocycles. The second-order valence-corrected chi connectivity index (χ2v) is 5.76. The first-order chi connectivity index (χ1) is 9.90. The lowest BCUT2D eigenvalue weighted by Gasteiger charge is -2.18. The third-order valence-electron chi connectivity index (χ3n) is 3.00. The fourth-order valence-electron chi connectivity index (χ4n) is 1.81. The molecular weight excluding hydrogens is 264 g/mol. The Morgan fingerprint density at radius 3 is 2.52 bits per heavy atom. The van der Waals surface area contributed by atoms with E-state index in [2.05, 4.69) is 48.4 Å². The average molecular weight is 282 g/mol. The zero-order chi connectivity index (χ0) is 15.5. The van der Waals surface area contributed by atoms with E-state index in [1.807, 2.05) is 18.2 Å². The Kier molecular flexibility index (Phi) is 4.08. The number of hydrogen-bond acceptors (Lipinski definition) is 5. The monoisotopic (exact) mass is 282 g/mol. The molecule has 0 bridgehead atoms. The smallest absolute Gasteiger partial charge is 0.252 e. The number of aromatic nitrogens is 1. The highest BCUT2D eigenvalue weighted by atomic mass is 16.4. The summed E-state index contributed by atoms with van der Waals surface area (Å²) in [7, 11) is 0. The molecule has 0 atom stereocenters. The molecule has 1 aromatic heterocycles. The SMILES string of the molecule is Cc1nc(C#N)c(NN=Cc2ccc(C(C)(C)C)cc2)o1. The quantitative estimate of drug-likeness (QED) is 0.689. The van der Waals surface area contributed by atoms with E-state index in [-0.39, 0.29) is 17.0 Å². The van der Waals surface area contributed by atoms with Crippen molar-refractivity contribution in [2.24, 2.45) is 5.10 Å². The summed E-state index contributed by atoms with van der Waals surface area (Å²) >= 11 is 0. The van der Waals surface area contributed by atoms with Gasteiger partial charge in [0.1, 0.15) is 6.07 Å². The predicted molar refractivity (Wildman–Crippen MR) is 82.3 cm³/mol. The number of hydrazone groups is 1. The summed E-state index contributed by atoms with van der Waals surface area (Å²) in [5.74, 6) is 0.691. The number of oxazole rings is 1.